The Hall–Kier alpha value is -1.76. The molecule has 0 atom stereocenters. The van der Waals surface area contributed by atoms with Crippen molar-refractivity contribution in [2.24, 2.45) is 0 Å². The van der Waals surface area contributed by atoms with E-state index in [1.165, 1.54) is 54.7 Å². The van der Waals surface area contributed by atoms with Crippen LogP contribution in [0.4, 0.5) is 5.69 Å². The van der Waals surface area contributed by atoms with E-state index >= 15 is 0 Å². The number of rotatable bonds is 2. The van der Waals surface area contributed by atoms with Crippen LogP contribution in [-0.2, 0) is 0 Å². The lowest BCUT2D eigenvalue weighted by Gasteiger charge is -2.28. The van der Waals surface area contributed by atoms with Gasteiger partial charge in [-0.05, 0) is 49.4 Å². The second-order valence-corrected chi connectivity index (χ2v) is 5.46. The van der Waals surface area contributed by atoms with Crippen molar-refractivity contribution in [2.75, 3.05) is 18.0 Å². The summed E-state index contributed by atoms with van der Waals surface area (Å²) in [5, 5.41) is 0. The van der Waals surface area contributed by atoms with Gasteiger partial charge in [0.25, 0.3) is 0 Å². The third kappa shape index (κ3) is 2.81. The van der Waals surface area contributed by atoms with Gasteiger partial charge in [0.05, 0.1) is 0 Å². The number of benzene rings is 2. The molecule has 2 aromatic carbocycles. The SMILES string of the molecule is Cc1cccc(-c2ccc(N3CCCCC3)cc2)c1. The van der Waals surface area contributed by atoms with Crippen LogP contribution in [0.1, 0.15) is 24.8 Å². The van der Waals surface area contributed by atoms with Crippen LogP contribution < -0.4 is 4.90 Å². The Bertz CT molecular complexity index is 536. The topological polar surface area (TPSA) is 3.24 Å². The van der Waals surface area contributed by atoms with Gasteiger partial charge in [-0.3, -0.25) is 0 Å². The zero-order chi connectivity index (χ0) is 13.1. The molecule has 0 amide bonds. The summed E-state index contributed by atoms with van der Waals surface area (Å²) >= 11 is 0. The number of hydrogen-bond donors (Lipinski definition) is 0. The van der Waals surface area contributed by atoms with Gasteiger partial charge < -0.3 is 4.90 Å². The summed E-state index contributed by atoms with van der Waals surface area (Å²) in [4.78, 5) is 2.50. The van der Waals surface area contributed by atoms with Crippen molar-refractivity contribution in [1.29, 1.82) is 0 Å². The molecule has 0 radical (unpaired) electrons. The number of anilines is 1. The fraction of sp³-hybridized carbons (Fsp3) is 0.333. The molecule has 1 fully saturated rings. The van der Waals surface area contributed by atoms with Gasteiger partial charge in [-0.2, -0.15) is 0 Å². The first-order valence-corrected chi connectivity index (χ1v) is 7.25. The fourth-order valence-electron chi connectivity index (χ4n) is 2.84. The van der Waals surface area contributed by atoms with Crippen molar-refractivity contribution < 1.29 is 0 Å². The van der Waals surface area contributed by atoms with Crippen molar-refractivity contribution in [3.8, 4) is 11.1 Å². The molecule has 0 unspecified atom stereocenters. The highest BCUT2D eigenvalue weighted by molar-refractivity contribution is 5.67. The summed E-state index contributed by atoms with van der Waals surface area (Å²) in [7, 11) is 0. The summed E-state index contributed by atoms with van der Waals surface area (Å²) in [6.45, 7) is 4.57. The average molecular weight is 251 g/mol. The molecule has 1 nitrogen and oxygen atoms in total. The summed E-state index contributed by atoms with van der Waals surface area (Å²) in [6.07, 6.45) is 4.05. The molecule has 19 heavy (non-hydrogen) atoms. The van der Waals surface area contributed by atoms with Crippen LogP contribution in [0.5, 0.6) is 0 Å². The second-order valence-electron chi connectivity index (χ2n) is 5.46. The highest BCUT2D eigenvalue weighted by atomic mass is 15.1. The van der Waals surface area contributed by atoms with Crippen LogP contribution in [0.25, 0.3) is 11.1 Å². The molecule has 0 N–H and O–H groups in total. The van der Waals surface area contributed by atoms with Crippen molar-refractivity contribution in [1.82, 2.24) is 0 Å². The van der Waals surface area contributed by atoms with Gasteiger partial charge in [-0.15, -0.1) is 0 Å². The van der Waals surface area contributed by atoms with Crippen molar-refractivity contribution in [3.05, 3.63) is 54.1 Å². The van der Waals surface area contributed by atoms with Gasteiger partial charge in [0.15, 0.2) is 0 Å². The largest absolute Gasteiger partial charge is 0.372 e. The van der Waals surface area contributed by atoms with Crippen LogP contribution in [0.3, 0.4) is 0 Å². The number of piperidine rings is 1. The van der Waals surface area contributed by atoms with Crippen molar-refractivity contribution in [3.63, 3.8) is 0 Å². The molecule has 0 saturated carbocycles. The van der Waals surface area contributed by atoms with E-state index in [1.807, 2.05) is 0 Å². The lowest BCUT2D eigenvalue weighted by molar-refractivity contribution is 0.578. The number of hydrogen-bond acceptors (Lipinski definition) is 1. The first kappa shape index (κ1) is 12.3. The molecule has 1 aliphatic heterocycles. The van der Waals surface area contributed by atoms with Gasteiger partial charge in [0.1, 0.15) is 0 Å². The Morgan fingerprint density at radius 3 is 2.21 bits per heavy atom. The van der Waals surface area contributed by atoms with E-state index in [1.54, 1.807) is 0 Å². The molecular formula is C18H21N. The third-order valence-electron chi connectivity index (χ3n) is 3.94. The van der Waals surface area contributed by atoms with E-state index in [2.05, 4.69) is 60.4 Å². The monoisotopic (exact) mass is 251 g/mol. The maximum atomic E-state index is 2.50. The minimum atomic E-state index is 1.21. The molecule has 0 aromatic heterocycles. The molecule has 0 aliphatic carbocycles. The van der Waals surface area contributed by atoms with Gasteiger partial charge in [-0.25, -0.2) is 0 Å². The minimum Gasteiger partial charge on any atom is -0.372 e. The average Bonchev–Trinajstić information content (AvgIpc) is 2.48. The predicted octanol–water partition coefficient (Wildman–Crippen LogP) is 4.65. The summed E-state index contributed by atoms with van der Waals surface area (Å²) in [6, 6.07) is 17.7. The van der Waals surface area contributed by atoms with Crippen molar-refractivity contribution >= 4 is 5.69 Å². The summed E-state index contributed by atoms with van der Waals surface area (Å²) in [5.41, 5.74) is 5.31. The highest BCUT2D eigenvalue weighted by Gasteiger charge is 2.10. The maximum absolute atomic E-state index is 2.50. The highest BCUT2D eigenvalue weighted by Crippen LogP contribution is 2.25. The van der Waals surface area contributed by atoms with Gasteiger partial charge >= 0.3 is 0 Å². The number of nitrogens with zero attached hydrogens (tertiary/aromatic N) is 1. The first-order chi connectivity index (χ1) is 9.33. The van der Waals surface area contributed by atoms with E-state index in [4.69, 9.17) is 0 Å². The van der Waals surface area contributed by atoms with Gasteiger partial charge in [0, 0.05) is 18.8 Å². The molecule has 1 saturated heterocycles. The Morgan fingerprint density at radius 2 is 1.53 bits per heavy atom. The van der Waals surface area contributed by atoms with Gasteiger partial charge in [-0.1, -0.05) is 42.0 Å². The standard InChI is InChI=1S/C18H21N/c1-15-6-5-7-17(14-15)16-8-10-18(11-9-16)19-12-3-2-4-13-19/h5-11,14H,2-4,12-13H2,1H3. The van der Waals surface area contributed by atoms with Crippen LogP contribution >= 0.6 is 0 Å². The molecule has 2 aromatic rings. The zero-order valence-electron chi connectivity index (χ0n) is 11.6. The fourth-order valence-corrected chi connectivity index (χ4v) is 2.84. The molecule has 98 valence electrons. The molecule has 1 aliphatic rings. The molecule has 0 spiro atoms. The minimum absolute atomic E-state index is 1.21. The van der Waals surface area contributed by atoms with E-state index in [-0.39, 0.29) is 0 Å². The summed E-state index contributed by atoms with van der Waals surface area (Å²) < 4.78 is 0. The Balaban J connectivity index is 1.82. The predicted molar refractivity (Wildman–Crippen MR) is 82.7 cm³/mol. The molecule has 3 rings (SSSR count). The van der Waals surface area contributed by atoms with E-state index in [0.29, 0.717) is 0 Å². The molecular weight excluding hydrogens is 230 g/mol. The van der Waals surface area contributed by atoms with E-state index in [9.17, 15) is 0 Å². The van der Waals surface area contributed by atoms with Crippen molar-refractivity contribution in [2.45, 2.75) is 26.2 Å². The quantitative estimate of drug-likeness (QED) is 0.750. The van der Waals surface area contributed by atoms with E-state index < -0.39 is 0 Å². The molecule has 1 heterocycles. The Kier molecular flexibility index (Phi) is 3.54. The zero-order valence-corrected chi connectivity index (χ0v) is 11.6. The lowest BCUT2D eigenvalue weighted by atomic mass is 10.0. The number of aryl methyl sites for hydroxylation is 1. The van der Waals surface area contributed by atoms with Crippen LogP contribution in [-0.4, -0.2) is 13.1 Å². The second kappa shape index (κ2) is 5.48. The normalized spacial score (nSPS) is 15.5. The smallest absolute Gasteiger partial charge is 0.0366 e. The van der Waals surface area contributed by atoms with Crippen LogP contribution in [0.15, 0.2) is 48.5 Å². The first-order valence-electron chi connectivity index (χ1n) is 7.25. The van der Waals surface area contributed by atoms with E-state index in [0.717, 1.165) is 0 Å². The lowest BCUT2D eigenvalue weighted by Crippen LogP contribution is -2.29. The van der Waals surface area contributed by atoms with Crippen LogP contribution in [0, 0.1) is 6.92 Å². The van der Waals surface area contributed by atoms with Gasteiger partial charge in [0.2, 0.25) is 0 Å². The molecule has 0 bridgehead atoms. The Labute approximate surface area is 115 Å². The molecule has 1 heteroatoms. The third-order valence-corrected chi connectivity index (χ3v) is 3.94. The summed E-state index contributed by atoms with van der Waals surface area (Å²) in [5.74, 6) is 0. The maximum Gasteiger partial charge on any atom is 0.0366 e. The Morgan fingerprint density at radius 1 is 0.789 bits per heavy atom. The van der Waals surface area contributed by atoms with Crippen LogP contribution in [0.2, 0.25) is 0 Å².